The van der Waals surface area contributed by atoms with E-state index in [0.717, 1.165) is 46.6 Å². The molecule has 1 fully saturated rings. The van der Waals surface area contributed by atoms with Crippen molar-refractivity contribution in [1.82, 2.24) is 4.57 Å². The lowest BCUT2D eigenvalue weighted by Crippen LogP contribution is -2.21. The topological polar surface area (TPSA) is 50.1 Å². The second kappa shape index (κ2) is 6.46. The van der Waals surface area contributed by atoms with Crippen LogP contribution in [-0.2, 0) is 16.1 Å². The van der Waals surface area contributed by atoms with E-state index in [1.165, 1.54) is 5.01 Å². The Morgan fingerprint density at radius 1 is 1.14 bits per heavy atom. The molecule has 2 aliphatic heterocycles. The zero-order valence-electron chi connectivity index (χ0n) is 15.9. The summed E-state index contributed by atoms with van der Waals surface area (Å²) in [5.41, 5.74) is 5.48. The summed E-state index contributed by atoms with van der Waals surface area (Å²) in [5, 5.41) is 7.11. The molecule has 1 saturated heterocycles. The van der Waals surface area contributed by atoms with Crippen LogP contribution >= 0.6 is 0 Å². The number of carbonyl (C=O) groups excluding carboxylic acids is 1. The molecule has 1 atom stereocenters. The Morgan fingerprint density at radius 3 is 2.64 bits per heavy atom. The zero-order chi connectivity index (χ0) is 19.3. The molecule has 2 aliphatic rings. The minimum absolute atomic E-state index is 0.0938. The number of fused-ring (bicyclic) bond motifs is 1. The molecule has 28 heavy (non-hydrogen) atoms. The molecular weight excluding hydrogens is 350 g/mol. The third-order valence-electron chi connectivity index (χ3n) is 5.26. The highest BCUT2D eigenvalue weighted by molar-refractivity contribution is 6.32. The van der Waals surface area contributed by atoms with Gasteiger partial charge in [-0.2, -0.15) is 10.1 Å². The van der Waals surface area contributed by atoms with Crippen molar-refractivity contribution >= 4 is 34.3 Å². The number of benzene rings is 2. The fourth-order valence-electron chi connectivity index (χ4n) is 3.63. The molecule has 3 heterocycles. The first-order valence-corrected chi connectivity index (χ1v) is 9.48. The number of anilines is 1. The van der Waals surface area contributed by atoms with Gasteiger partial charge in [0, 0.05) is 22.7 Å². The molecule has 0 N–H and O–H groups in total. The van der Waals surface area contributed by atoms with Crippen molar-refractivity contribution < 1.29 is 9.53 Å². The van der Waals surface area contributed by atoms with Gasteiger partial charge in [-0.1, -0.05) is 35.9 Å². The number of aryl methyl sites for hydroxylation is 1. The lowest BCUT2D eigenvalue weighted by atomic mass is 10.1. The van der Waals surface area contributed by atoms with Gasteiger partial charge in [0.05, 0.1) is 36.2 Å². The van der Waals surface area contributed by atoms with Crippen molar-refractivity contribution in [2.75, 3.05) is 11.6 Å². The van der Waals surface area contributed by atoms with Crippen molar-refractivity contribution in [3.63, 3.8) is 0 Å². The summed E-state index contributed by atoms with van der Waals surface area (Å²) < 4.78 is 7.60. The van der Waals surface area contributed by atoms with Crippen LogP contribution in [0.5, 0.6) is 0 Å². The number of para-hydroxylation sites is 1. The molecule has 1 amide bonds. The van der Waals surface area contributed by atoms with Crippen LogP contribution in [-0.4, -0.2) is 28.9 Å². The Balaban J connectivity index is 1.53. The van der Waals surface area contributed by atoms with Gasteiger partial charge in [-0.25, -0.2) is 0 Å². The first-order chi connectivity index (χ1) is 13.6. The third-order valence-corrected chi connectivity index (χ3v) is 5.26. The maximum atomic E-state index is 13.1. The molecule has 3 aromatic rings. The highest BCUT2D eigenvalue weighted by Crippen LogP contribution is 2.29. The number of hydrogen-bond donors (Lipinski definition) is 0. The van der Waals surface area contributed by atoms with Gasteiger partial charge in [0.1, 0.15) is 0 Å². The van der Waals surface area contributed by atoms with Crippen LogP contribution < -0.4 is 5.01 Å². The van der Waals surface area contributed by atoms with Gasteiger partial charge in [-0.3, -0.25) is 4.79 Å². The Kier molecular flexibility index (Phi) is 3.91. The molecule has 0 spiro atoms. The fourth-order valence-corrected chi connectivity index (χ4v) is 3.63. The van der Waals surface area contributed by atoms with Gasteiger partial charge in [-0.15, -0.1) is 0 Å². The number of rotatable bonds is 4. The normalized spacial score (nSPS) is 20.3. The van der Waals surface area contributed by atoms with Crippen LogP contribution in [0.3, 0.4) is 0 Å². The van der Waals surface area contributed by atoms with Crippen LogP contribution in [0, 0.1) is 6.92 Å². The standard InChI is InChI=1S/C23H21N3O2/c1-15-7-9-18(10-8-15)26-23(27)21(16(2)24-26)11-17-12-25(13-19-14-28-19)22-6-4-3-5-20(17)22/h3-12,19H,13-14H2,1-2H3/b21-11+. The second-order valence-corrected chi connectivity index (χ2v) is 7.41. The SMILES string of the molecule is CC1=NN(c2ccc(C)cc2)C(=O)/C1=C/c1cn(CC2CO2)c2ccccc12. The predicted molar refractivity (Wildman–Crippen MR) is 111 cm³/mol. The number of hydrogen-bond acceptors (Lipinski definition) is 3. The van der Waals surface area contributed by atoms with Gasteiger partial charge in [0.25, 0.3) is 5.91 Å². The second-order valence-electron chi connectivity index (χ2n) is 7.41. The van der Waals surface area contributed by atoms with Gasteiger partial charge in [-0.05, 0) is 38.1 Å². The molecular formula is C23H21N3O2. The van der Waals surface area contributed by atoms with E-state index in [2.05, 4.69) is 28.0 Å². The molecule has 0 radical (unpaired) electrons. The molecule has 0 bridgehead atoms. The molecule has 5 heteroatoms. The minimum Gasteiger partial charge on any atom is -0.371 e. The van der Waals surface area contributed by atoms with Crippen LogP contribution in [0.25, 0.3) is 17.0 Å². The van der Waals surface area contributed by atoms with Gasteiger partial charge in [0.2, 0.25) is 0 Å². The van der Waals surface area contributed by atoms with E-state index in [0.29, 0.717) is 11.7 Å². The summed E-state index contributed by atoms with van der Waals surface area (Å²) in [4.78, 5) is 13.1. The van der Waals surface area contributed by atoms with Gasteiger partial charge < -0.3 is 9.30 Å². The van der Waals surface area contributed by atoms with E-state index in [-0.39, 0.29) is 5.91 Å². The first kappa shape index (κ1) is 17.0. The molecule has 5 nitrogen and oxygen atoms in total. The van der Waals surface area contributed by atoms with Crippen LogP contribution in [0.15, 0.2) is 65.4 Å². The van der Waals surface area contributed by atoms with E-state index < -0.39 is 0 Å². The van der Waals surface area contributed by atoms with E-state index in [1.54, 1.807) is 0 Å². The lowest BCUT2D eigenvalue weighted by Gasteiger charge is -2.11. The third kappa shape index (κ3) is 2.94. The largest absolute Gasteiger partial charge is 0.371 e. The first-order valence-electron chi connectivity index (χ1n) is 9.48. The van der Waals surface area contributed by atoms with Gasteiger partial charge in [0.15, 0.2) is 0 Å². The highest BCUT2D eigenvalue weighted by atomic mass is 16.6. The summed E-state index contributed by atoms with van der Waals surface area (Å²) >= 11 is 0. The molecule has 1 aromatic heterocycles. The van der Waals surface area contributed by atoms with Crippen molar-refractivity contribution in [2.24, 2.45) is 5.10 Å². The van der Waals surface area contributed by atoms with Crippen molar-refractivity contribution in [2.45, 2.75) is 26.5 Å². The number of carbonyl (C=O) groups is 1. The molecule has 5 rings (SSSR count). The molecule has 2 aromatic carbocycles. The predicted octanol–water partition coefficient (Wildman–Crippen LogP) is 4.15. The van der Waals surface area contributed by atoms with E-state index >= 15 is 0 Å². The number of amides is 1. The number of hydrazone groups is 1. The molecule has 0 aliphatic carbocycles. The summed E-state index contributed by atoms with van der Waals surface area (Å²) in [5.74, 6) is -0.0938. The fraction of sp³-hybridized carbons (Fsp3) is 0.217. The highest BCUT2D eigenvalue weighted by Gasteiger charge is 2.29. The zero-order valence-corrected chi connectivity index (χ0v) is 15.9. The Labute approximate surface area is 163 Å². The van der Waals surface area contributed by atoms with E-state index in [9.17, 15) is 4.79 Å². The number of aromatic nitrogens is 1. The average Bonchev–Trinajstić information content (AvgIpc) is 3.39. The van der Waals surface area contributed by atoms with Crippen LogP contribution in [0.2, 0.25) is 0 Å². The van der Waals surface area contributed by atoms with Crippen molar-refractivity contribution in [1.29, 1.82) is 0 Å². The quantitative estimate of drug-likeness (QED) is 0.511. The average molecular weight is 371 g/mol. The summed E-state index contributed by atoms with van der Waals surface area (Å²) in [6.07, 6.45) is 4.36. The number of nitrogens with zero attached hydrogens (tertiary/aromatic N) is 3. The summed E-state index contributed by atoms with van der Waals surface area (Å²) in [7, 11) is 0. The summed E-state index contributed by atoms with van der Waals surface area (Å²) in [6, 6.07) is 16.1. The Morgan fingerprint density at radius 2 is 1.89 bits per heavy atom. The lowest BCUT2D eigenvalue weighted by molar-refractivity contribution is -0.114. The molecule has 1 unspecified atom stereocenters. The maximum absolute atomic E-state index is 13.1. The number of ether oxygens (including phenoxy) is 1. The summed E-state index contributed by atoms with van der Waals surface area (Å²) in [6.45, 7) is 5.56. The molecule has 140 valence electrons. The van der Waals surface area contributed by atoms with Gasteiger partial charge >= 0.3 is 0 Å². The molecule has 0 saturated carbocycles. The van der Waals surface area contributed by atoms with E-state index in [4.69, 9.17) is 4.74 Å². The van der Waals surface area contributed by atoms with Crippen LogP contribution in [0.4, 0.5) is 5.69 Å². The maximum Gasteiger partial charge on any atom is 0.280 e. The Bertz CT molecular complexity index is 1130. The van der Waals surface area contributed by atoms with Crippen LogP contribution in [0.1, 0.15) is 18.1 Å². The minimum atomic E-state index is -0.0938. The monoisotopic (exact) mass is 371 g/mol. The van der Waals surface area contributed by atoms with Crippen molar-refractivity contribution in [3.8, 4) is 0 Å². The van der Waals surface area contributed by atoms with Crippen molar-refractivity contribution in [3.05, 3.63) is 71.4 Å². The Hall–Kier alpha value is -3.18. The smallest absolute Gasteiger partial charge is 0.280 e. The number of epoxide rings is 1. The van der Waals surface area contributed by atoms with E-state index in [1.807, 2.05) is 56.3 Å².